The molecule has 0 fully saturated rings. The van der Waals surface area contributed by atoms with E-state index in [2.05, 4.69) is 19.2 Å². The van der Waals surface area contributed by atoms with Crippen LogP contribution in [0.5, 0.6) is 0 Å². The maximum absolute atomic E-state index is 12.1. The van der Waals surface area contributed by atoms with Crippen molar-refractivity contribution < 1.29 is 14.7 Å². The first-order chi connectivity index (χ1) is 9.47. The van der Waals surface area contributed by atoms with Gasteiger partial charge in [0.1, 0.15) is 0 Å². The zero-order chi connectivity index (χ0) is 15.1. The number of carbonyl (C=O) groups excluding carboxylic acids is 1. The Labute approximate surface area is 123 Å². The molecule has 1 aromatic rings. The highest BCUT2D eigenvalue weighted by molar-refractivity contribution is 7.11. The van der Waals surface area contributed by atoms with Crippen molar-refractivity contribution in [2.24, 2.45) is 5.92 Å². The Morgan fingerprint density at radius 2 is 2.05 bits per heavy atom. The van der Waals surface area contributed by atoms with Gasteiger partial charge in [0.15, 0.2) is 0 Å². The summed E-state index contributed by atoms with van der Waals surface area (Å²) in [5, 5.41) is 13.3. The number of carboxylic acid groups (broad SMARTS) is 1. The lowest BCUT2D eigenvalue weighted by Gasteiger charge is -2.22. The first kappa shape index (κ1) is 16.4. The van der Waals surface area contributed by atoms with Gasteiger partial charge >= 0.3 is 5.97 Å². The summed E-state index contributed by atoms with van der Waals surface area (Å²) in [5.41, 5.74) is 0.581. The Hall–Kier alpha value is -1.62. The standard InChI is InChI=1S/C15H21NO3S/c1-4-11(5-2)10(3)16-15(19)12-8-13(20-9-12)6-7-14(17)18/h6-11H,4-5H2,1-3H3,(H,16,19)(H,17,18). The number of carbonyl (C=O) groups is 2. The largest absolute Gasteiger partial charge is 0.478 e. The predicted molar refractivity (Wildman–Crippen MR) is 82.0 cm³/mol. The SMILES string of the molecule is CCC(CC)C(C)NC(=O)c1csc(C=CC(=O)O)c1. The zero-order valence-corrected chi connectivity index (χ0v) is 12.9. The first-order valence-corrected chi connectivity index (χ1v) is 7.66. The van der Waals surface area contributed by atoms with Gasteiger partial charge in [0.05, 0.1) is 5.56 Å². The van der Waals surface area contributed by atoms with Crippen molar-refractivity contribution in [2.75, 3.05) is 0 Å². The van der Waals surface area contributed by atoms with Gasteiger partial charge < -0.3 is 10.4 Å². The topological polar surface area (TPSA) is 66.4 Å². The number of amides is 1. The highest BCUT2D eigenvalue weighted by Gasteiger charge is 2.17. The summed E-state index contributed by atoms with van der Waals surface area (Å²) in [6, 6.07) is 1.84. The molecule has 1 rings (SSSR count). The van der Waals surface area contributed by atoms with Crippen LogP contribution in [-0.4, -0.2) is 23.0 Å². The lowest BCUT2D eigenvalue weighted by atomic mass is 9.95. The van der Waals surface area contributed by atoms with Crippen LogP contribution in [0.4, 0.5) is 0 Å². The van der Waals surface area contributed by atoms with Crippen LogP contribution in [0.25, 0.3) is 6.08 Å². The number of carboxylic acids is 1. The highest BCUT2D eigenvalue weighted by atomic mass is 32.1. The molecular weight excluding hydrogens is 274 g/mol. The molecule has 0 spiro atoms. The Morgan fingerprint density at radius 3 is 2.60 bits per heavy atom. The molecule has 1 aromatic heterocycles. The van der Waals surface area contributed by atoms with Gasteiger partial charge in [-0.05, 0) is 25.0 Å². The molecule has 0 aliphatic rings. The molecule has 0 aliphatic carbocycles. The minimum Gasteiger partial charge on any atom is -0.478 e. The van der Waals surface area contributed by atoms with Crippen LogP contribution in [0.2, 0.25) is 0 Å². The average Bonchev–Trinajstić information content (AvgIpc) is 2.86. The van der Waals surface area contributed by atoms with E-state index in [0.717, 1.165) is 23.8 Å². The molecule has 0 aliphatic heterocycles. The first-order valence-electron chi connectivity index (χ1n) is 6.78. The Morgan fingerprint density at radius 1 is 1.40 bits per heavy atom. The molecule has 0 saturated carbocycles. The zero-order valence-electron chi connectivity index (χ0n) is 12.1. The van der Waals surface area contributed by atoms with E-state index >= 15 is 0 Å². The third-order valence-corrected chi connectivity index (χ3v) is 4.28. The predicted octanol–water partition coefficient (Wildman–Crippen LogP) is 3.40. The van der Waals surface area contributed by atoms with Gasteiger partial charge in [-0.3, -0.25) is 4.79 Å². The van der Waals surface area contributed by atoms with Crippen LogP contribution in [-0.2, 0) is 4.79 Å². The summed E-state index contributed by atoms with van der Waals surface area (Å²) in [7, 11) is 0. The molecule has 4 nitrogen and oxygen atoms in total. The van der Waals surface area contributed by atoms with Crippen LogP contribution in [0, 0.1) is 5.92 Å². The minimum absolute atomic E-state index is 0.101. The van der Waals surface area contributed by atoms with E-state index in [1.165, 1.54) is 17.4 Å². The molecule has 1 unspecified atom stereocenters. The molecule has 1 heterocycles. The van der Waals surface area contributed by atoms with Crippen LogP contribution in [0.1, 0.15) is 48.8 Å². The van der Waals surface area contributed by atoms with Gasteiger partial charge in [0.25, 0.3) is 5.91 Å². The second-order valence-corrected chi connectivity index (χ2v) is 5.69. The van der Waals surface area contributed by atoms with E-state index < -0.39 is 5.97 Å². The molecule has 0 saturated heterocycles. The van der Waals surface area contributed by atoms with Crippen LogP contribution >= 0.6 is 11.3 Å². The Kier molecular flexibility index (Phi) is 6.45. The fourth-order valence-electron chi connectivity index (χ4n) is 2.12. The maximum Gasteiger partial charge on any atom is 0.328 e. The maximum atomic E-state index is 12.1. The van der Waals surface area contributed by atoms with E-state index in [1.807, 2.05) is 6.92 Å². The van der Waals surface area contributed by atoms with Gasteiger partial charge in [0, 0.05) is 22.4 Å². The van der Waals surface area contributed by atoms with Crippen molar-refractivity contribution in [2.45, 2.75) is 39.7 Å². The summed E-state index contributed by atoms with van der Waals surface area (Å²) in [4.78, 5) is 23.3. The number of rotatable bonds is 7. The number of aliphatic carboxylic acids is 1. The molecule has 1 atom stereocenters. The monoisotopic (exact) mass is 295 g/mol. The summed E-state index contributed by atoms with van der Waals surface area (Å²) in [6.07, 6.45) is 4.64. The van der Waals surface area contributed by atoms with E-state index in [0.29, 0.717) is 11.5 Å². The lowest BCUT2D eigenvalue weighted by Crippen LogP contribution is -2.37. The quantitative estimate of drug-likeness (QED) is 0.758. The van der Waals surface area contributed by atoms with Gasteiger partial charge in [-0.25, -0.2) is 4.79 Å². The third kappa shape index (κ3) is 4.81. The normalized spacial score (nSPS) is 12.8. The molecule has 1 amide bonds. The summed E-state index contributed by atoms with van der Waals surface area (Å²) in [5.74, 6) is -0.619. The van der Waals surface area contributed by atoms with Gasteiger partial charge in [-0.1, -0.05) is 26.7 Å². The van der Waals surface area contributed by atoms with Crippen molar-refractivity contribution in [3.05, 3.63) is 28.0 Å². The molecule has 0 aromatic carbocycles. The van der Waals surface area contributed by atoms with Crippen molar-refractivity contribution >= 4 is 29.3 Å². The number of hydrogen-bond acceptors (Lipinski definition) is 3. The molecule has 2 N–H and O–H groups in total. The minimum atomic E-state index is -0.994. The van der Waals surface area contributed by atoms with Crippen molar-refractivity contribution in [3.8, 4) is 0 Å². The molecule has 0 radical (unpaired) electrons. The van der Waals surface area contributed by atoms with Crippen LogP contribution in [0.3, 0.4) is 0 Å². The summed E-state index contributed by atoms with van der Waals surface area (Å²) in [6.45, 7) is 6.26. The average molecular weight is 295 g/mol. The fraction of sp³-hybridized carbons (Fsp3) is 0.467. The highest BCUT2D eigenvalue weighted by Crippen LogP contribution is 2.18. The van der Waals surface area contributed by atoms with Crippen LogP contribution in [0.15, 0.2) is 17.5 Å². The molecule has 110 valence electrons. The number of nitrogens with one attached hydrogen (secondary N) is 1. The molecular formula is C15H21NO3S. The number of hydrogen-bond donors (Lipinski definition) is 2. The summed E-state index contributed by atoms with van der Waals surface area (Å²) < 4.78 is 0. The fourth-order valence-corrected chi connectivity index (χ4v) is 2.90. The van der Waals surface area contributed by atoms with Crippen molar-refractivity contribution in [1.29, 1.82) is 0 Å². The summed E-state index contributed by atoms with van der Waals surface area (Å²) >= 11 is 1.36. The second kappa shape index (κ2) is 7.85. The van der Waals surface area contributed by atoms with E-state index in [1.54, 1.807) is 11.4 Å². The van der Waals surface area contributed by atoms with Gasteiger partial charge in [-0.15, -0.1) is 11.3 Å². The molecule has 20 heavy (non-hydrogen) atoms. The Bertz CT molecular complexity index is 489. The van der Waals surface area contributed by atoms with Crippen molar-refractivity contribution in [1.82, 2.24) is 5.32 Å². The smallest absolute Gasteiger partial charge is 0.328 e. The van der Waals surface area contributed by atoms with E-state index in [9.17, 15) is 9.59 Å². The van der Waals surface area contributed by atoms with Gasteiger partial charge in [-0.2, -0.15) is 0 Å². The third-order valence-electron chi connectivity index (χ3n) is 3.39. The number of thiophene rings is 1. The molecule has 0 bridgehead atoms. The van der Waals surface area contributed by atoms with E-state index in [-0.39, 0.29) is 11.9 Å². The van der Waals surface area contributed by atoms with Gasteiger partial charge in [0.2, 0.25) is 0 Å². The van der Waals surface area contributed by atoms with Crippen LogP contribution < -0.4 is 5.32 Å². The molecule has 5 heteroatoms. The Balaban J connectivity index is 2.66. The van der Waals surface area contributed by atoms with Crippen molar-refractivity contribution in [3.63, 3.8) is 0 Å². The lowest BCUT2D eigenvalue weighted by molar-refractivity contribution is -0.131. The van der Waals surface area contributed by atoms with E-state index in [4.69, 9.17) is 5.11 Å². The second-order valence-electron chi connectivity index (χ2n) is 4.75.